The average molecular weight is 590 g/mol. The Morgan fingerprint density at radius 2 is 1.60 bits per heavy atom. The Morgan fingerprint density at radius 3 is 2.20 bits per heavy atom. The number of phenols is 1. The van der Waals surface area contributed by atoms with Gasteiger partial charge < -0.3 is 5.11 Å². The van der Waals surface area contributed by atoms with Crippen molar-refractivity contribution in [3.8, 4) is 5.75 Å². The number of halogens is 1. The minimum absolute atomic E-state index is 0.214. The monoisotopic (exact) mass is 589 g/mol. The number of hydrogen-bond donors (Lipinski definition) is 1. The summed E-state index contributed by atoms with van der Waals surface area (Å²) in [5.74, 6) is 0.591. The zero-order valence-electron chi connectivity index (χ0n) is 23.4. The van der Waals surface area contributed by atoms with Crippen LogP contribution in [0.2, 0.25) is 5.02 Å². The van der Waals surface area contributed by atoms with Crippen LogP contribution in [-0.4, -0.2) is 27.5 Å². The van der Waals surface area contributed by atoms with Gasteiger partial charge in [-0.3, -0.25) is 4.79 Å². The number of aromatic nitrogens is 1. The Hall–Kier alpha value is -3.13. The van der Waals surface area contributed by atoms with Crippen molar-refractivity contribution in [2.24, 2.45) is 5.10 Å². The van der Waals surface area contributed by atoms with Crippen LogP contribution >= 0.6 is 34.7 Å². The first-order valence-electron chi connectivity index (χ1n) is 13.1. The molecule has 0 saturated heterocycles. The fraction of sp³-hybridized carbons (Fsp3) is 0.281. The van der Waals surface area contributed by atoms with Crippen LogP contribution < -0.4 is 5.01 Å². The zero-order chi connectivity index (χ0) is 28.8. The summed E-state index contributed by atoms with van der Waals surface area (Å²) in [6.45, 7) is 12.5. The van der Waals surface area contributed by atoms with Gasteiger partial charge in [0.25, 0.3) is 5.91 Å². The first-order chi connectivity index (χ1) is 18.8. The van der Waals surface area contributed by atoms with Gasteiger partial charge in [-0.25, -0.2) is 4.98 Å². The lowest BCUT2D eigenvalue weighted by molar-refractivity contribution is -0.114. The van der Waals surface area contributed by atoms with E-state index in [0.717, 1.165) is 31.8 Å². The van der Waals surface area contributed by atoms with Crippen LogP contribution in [0.1, 0.15) is 58.2 Å². The molecule has 1 amide bonds. The number of nitrogens with zero attached hydrogens (tertiary/aromatic N) is 3. The molecule has 1 N–H and O–H groups in total. The number of amides is 1. The SMILES string of the molecule is CC(C)(C)c1cc(/C=C2\C(=O)N(c3nc4ccccc4s3)N=C2CSc2ccc(Cl)cc2)cc(C(C)(C)C)c1O. The van der Waals surface area contributed by atoms with Crippen LogP contribution in [0.5, 0.6) is 5.75 Å². The van der Waals surface area contributed by atoms with Gasteiger partial charge in [-0.1, -0.05) is 76.6 Å². The number of hydrazone groups is 1. The minimum atomic E-state index is -0.285. The van der Waals surface area contributed by atoms with Gasteiger partial charge in [-0.15, -0.1) is 11.8 Å². The van der Waals surface area contributed by atoms with Crippen molar-refractivity contribution in [3.05, 3.63) is 87.9 Å². The number of benzene rings is 3. The van der Waals surface area contributed by atoms with E-state index >= 15 is 0 Å². The number of hydrogen-bond acceptors (Lipinski definition) is 6. The Morgan fingerprint density at radius 1 is 0.975 bits per heavy atom. The highest BCUT2D eigenvalue weighted by Gasteiger charge is 2.34. The van der Waals surface area contributed by atoms with Crippen molar-refractivity contribution in [1.29, 1.82) is 0 Å². The van der Waals surface area contributed by atoms with E-state index in [2.05, 4.69) is 46.5 Å². The molecule has 5 nitrogen and oxygen atoms in total. The molecule has 40 heavy (non-hydrogen) atoms. The molecule has 0 fully saturated rings. The van der Waals surface area contributed by atoms with Gasteiger partial charge in [-0.2, -0.15) is 10.1 Å². The number of carbonyl (C=O) groups is 1. The number of rotatable bonds is 5. The summed E-state index contributed by atoms with van der Waals surface area (Å²) in [5.41, 5.74) is 4.00. The zero-order valence-corrected chi connectivity index (χ0v) is 25.8. The number of phenolic OH excluding ortho intramolecular Hbond substituents is 1. The molecule has 206 valence electrons. The summed E-state index contributed by atoms with van der Waals surface area (Å²) in [6, 6.07) is 19.4. The van der Waals surface area contributed by atoms with E-state index in [1.807, 2.05) is 66.7 Å². The number of anilines is 1. The molecule has 0 aliphatic carbocycles. The number of thioether (sulfide) groups is 1. The third-order valence-corrected chi connectivity index (χ3v) is 8.95. The maximum atomic E-state index is 13.9. The van der Waals surface area contributed by atoms with Gasteiger partial charge in [0.05, 0.1) is 21.5 Å². The highest BCUT2D eigenvalue weighted by molar-refractivity contribution is 8.00. The molecule has 4 aromatic rings. The summed E-state index contributed by atoms with van der Waals surface area (Å²) < 4.78 is 0.998. The number of aromatic hydroxyl groups is 1. The first-order valence-corrected chi connectivity index (χ1v) is 15.3. The summed E-state index contributed by atoms with van der Waals surface area (Å²) in [4.78, 5) is 19.6. The fourth-order valence-electron chi connectivity index (χ4n) is 4.52. The molecule has 3 aromatic carbocycles. The van der Waals surface area contributed by atoms with Crippen molar-refractivity contribution >= 4 is 67.7 Å². The molecule has 8 heteroatoms. The molecule has 2 heterocycles. The maximum Gasteiger partial charge on any atom is 0.282 e. The third kappa shape index (κ3) is 5.82. The predicted molar refractivity (Wildman–Crippen MR) is 170 cm³/mol. The van der Waals surface area contributed by atoms with Gasteiger partial charge in [0.2, 0.25) is 5.13 Å². The van der Waals surface area contributed by atoms with E-state index in [-0.39, 0.29) is 16.7 Å². The molecule has 0 spiro atoms. The van der Waals surface area contributed by atoms with E-state index in [1.165, 1.54) is 16.3 Å². The topological polar surface area (TPSA) is 65.8 Å². The van der Waals surface area contributed by atoms with Crippen LogP contribution in [-0.2, 0) is 15.6 Å². The molecule has 0 saturated carbocycles. The smallest absolute Gasteiger partial charge is 0.282 e. The third-order valence-electron chi connectivity index (χ3n) is 6.67. The van der Waals surface area contributed by atoms with Crippen molar-refractivity contribution < 1.29 is 9.90 Å². The minimum Gasteiger partial charge on any atom is -0.507 e. The van der Waals surface area contributed by atoms with Gasteiger partial charge in [-0.05, 0) is 71.0 Å². The van der Waals surface area contributed by atoms with Gasteiger partial charge in [0, 0.05) is 26.8 Å². The lowest BCUT2D eigenvalue weighted by Gasteiger charge is -2.28. The standard InChI is InChI=1S/C32H32ClN3O2S2/c1-31(2,3)23-16-19(17-24(28(23)37)32(4,5)6)15-22-26(18-39-21-13-11-20(33)12-14-21)35-36(29(22)38)30-34-25-9-7-8-10-27(25)40-30/h7-17,37H,18H2,1-6H3/b22-15-. The molecule has 1 aliphatic heterocycles. The summed E-state index contributed by atoms with van der Waals surface area (Å²) in [6.07, 6.45) is 1.90. The van der Waals surface area contributed by atoms with Crippen molar-refractivity contribution in [1.82, 2.24) is 4.98 Å². The molecule has 5 rings (SSSR count). The maximum absolute atomic E-state index is 13.9. The molecular weight excluding hydrogens is 558 g/mol. The van der Waals surface area contributed by atoms with Crippen LogP contribution in [0.25, 0.3) is 16.3 Å². The molecular formula is C32H32ClN3O2S2. The highest BCUT2D eigenvalue weighted by atomic mass is 35.5. The molecule has 0 radical (unpaired) electrons. The lowest BCUT2D eigenvalue weighted by atomic mass is 9.78. The summed E-state index contributed by atoms with van der Waals surface area (Å²) in [5, 5.41) is 18.6. The predicted octanol–water partition coefficient (Wildman–Crippen LogP) is 8.83. The van der Waals surface area contributed by atoms with Crippen LogP contribution in [0.15, 0.2) is 76.2 Å². The molecule has 1 aliphatic rings. The summed E-state index contributed by atoms with van der Waals surface area (Å²) in [7, 11) is 0. The second-order valence-corrected chi connectivity index (χ2v) is 14.4. The van der Waals surface area contributed by atoms with Crippen LogP contribution in [0.4, 0.5) is 5.13 Å². The van der Waals surface area contributed by atoms with Crippen molar-refractivity contribution in [2.45, 2.75) is 57.3 Å². The first kappa shape index (κ1) is 28.4. The van der Waals surface area contributed by atoms with E-state index in [4.69, 9.17) is 16.7 Å². The Balaban J connectivity index is 1.60. The average Bonchev–Trinajstić information content (AvgIpc) is 3.44. The van der Waals surface area contributed by atoms with Crippen molar-refractivity contribution in [2.75, 3.05) is 10.8 Å². The van der Waals surface area contributed by atoms with Crippen LogP contribution in [0, 0.1) is 0 Å². The Kier molecular flexibility index (Phi) is 7.59. The van der Waals surface area contributed by atoms with Crippen molar-refractivity contribution in [3.63, 3.8) is 0 Å². The Bertz CT molecular complexity index is 1590. The summed E-state index contributed by atoms with van der Waals surface area (Å²) >= 11 is 9.12. The molecule has 0 bridgehead atoms. The number of fused-ring (bicyclic) bond motifs is 1. The second kappa shape index (κ2) is 10.7. The number of para-hydroxylation sites is 1. The largest absolute Gasteiger partial charge is 0.507 e. The lowest BCUT2D eigenvalue weighted by Crippen LogP contribution is -2.21. The highest BCUT2D eigenvalue weighted by Crippen LogP contribution is 2.41. The van der Waals surface area contributed by atoms with Gasteiger partial charge in [0.15, 0.2) is 0 Å². The number of thiazole rings is 1. The van der Waals surface area contributed by atoms with E-state index in [0.29, 0.717) is 32.9 Å². The number of carbonyl (C=O) groups excluding carboxylic acids is 1. The molecule has 1 aromatic heterocycles. The normalized spacial score (nSPS) is 15.4. The quantitative estimate of drug-likeness (QED) is 0.186. The molecule has 0 atom stereocenters. The fourth-order valence-corrected chi connectivity index (χ4v) is 6.41. The van der Waals surface area contributed by atoms with Gasteiger partial charge in [0.1, 0.15) is 5.75 Å². The van der Waals surface area contributed by atoms with E-state index < -0.39 is 0 Å². The van der Waals surface area contributed by atoms with E-state index in [1.54, 1.807) is 11.8 Å². The van der Waals surface area contributed by atoms with Crippen LogP contribution in [0.3, 0.4) is 0 Å². The van der Waals surface area contributed by atoms with Gasteiger partial charge >= 0.3 is 0 Å². The van der Waals surface area contributed by atoms with E-state index in [9.17, 15) is 9.90 Å². The second-order valence-electron chi connectivity index (χ2n) is 11.9. The molecule has 0 unspecified atom stereocenters. The Labute approximate surface area is 248 Å².